The highest BCUT2D eigenvalue weighted by Crippen LogP contribution is 2.11. The Labute approximate surface area is 149 Å². The highest BCUT2D eigenvalue weighted by atomic mass is 16.5. The monoisotopic (exact) mass is 359 g/mol. The average molecular weight is 359 g/mol. The number of hydrogen-bond acceptors (Lipinski definition) is 6. The molecule has 1 fully saturated rings. The summed E-state index contributed by atoms with van der Waals surface area (Å²) in [6.45, 7) is 2.87. The molecule has 1 heterocycles. The van der Waals surface area contributed by atoms with Gasteiger partial charge in [0.15, 0.2) is 0 Å². The lowest BCUT2D eigenvalue weighted by molar-refractivity contribution is -0.143. The van der Waals surface area contributed by atoms with Crippen LogP contribution in [0.4, 0.5) is 4.79 Å². The minimum absolute atomic E-state index is 0.103. The van der Waals surface area contributed by atoms with Gasteiger partial charge in [0.1, 0.15) is 6.54 Å². The summed E-state index contributed by atoms with van der Waals surface area (Å²) >= 11 is 0. The molecule has 1 saturated heterocycles. The number of carbonyl (C=O) groups excluding carboxylic acids is 5. The van der Waals surface area contributed by atoms with E-state index in [0.717, 1.165) is 0 Å². The zero-order chi connectivity index (χ0) is 19.3. The topological polar surface area (TPSA) is 113 Å². The van der Waals surface area contributed by atoms with Crippen molar-refractivity contribution in [1.29, 1.82) is 0 Å². The highest BCUT2D eigenvalue weighted by Gasteiger charge is 2.44. The van der Waals surface area contributed by atoms with E-state index >= 15 is 0 Å². The second-order valence-corrected chi connectivity index (χ2v) is 5.34. The van der Waals surface area contributed by atoms with Gasteiger partial charge >= 0.3 is 23.8 Å². The zero-order valence-electron chi connectivity index (χ0n) is 14.1. The Kier molecular flexibility index (Phi) is 5.84. The summed E-state index contributed by atoms with van der Waals surface area (Å²) in [5.74, 6) is -3.10. The second-order valence-electron chi connectivity index (χ2n) is 5.34. The van der Waals surface area contributed by atoms with Gasteiger partial charge in [-0.25, -0.2) is 14.5 Å². The molecular formula is C17H17N3O6. The number of rotatable bonds is 7. The average Bonchev–Trinajstić information content (AvgIpc) is 2.84. The van der Waals surface area contributed by atoms with E-state index in [0.29, 0.717) is 20.9 Å². The Hall–Kier alpha value is -3.49. The molecule has 9 nitrogen and oxygen atoms in total. The first-order valence-corrected chi connectivity index (χ1v) is 7.61. The lowest BCUT2D eigenvalue weighted by atomic mass is 10.1. The molecule has 0 radical (unpaired) electrons. The minimum Gasteiger partial charge on any atom is -0.465 e. The van der Waals surface area contributed by atoms with Crippen LogP contribution in [-0.4, -0.2) is 59.7 Å². The third-order valence-corrected chi connectivity index (χ3v) is 3.61. The van der Waals surface area contributed by atoms with Crippen molar-refractivity contribution < 1.29 is 28.7 Å². The van der Waals surface area contributed by atoms with Gasteiger partial charge in [-0.1, -0.05) is 18.2 Å². The van der Waals surface area contributed by atoms with Crippen LogP contribution in [-0.2, 0) is 25.7 Å². The van der Waals surface area contributed by atoms with E-state index in [2.05, 4.69) is 16.6 Å². The van der Waals surface area contributed by atoms with Crippen molar-refractivity contribution in [3.8, 4) is 0 Å². The van der Waals surface area contributed by atoms with Crippen LogP contribution in [0, 0.1) is 0 Å². The first kappa shape index (κ1) is 18.8. The molecule has 0 aliphatic carbocycles. The zero-order valence-corrected chi connectivity index (χ0v) is 14.1. The smallest absolute Gasteiger partial charge is 0.337 e. The van der Waals surface area contributed by atoms with E-state index < -0.39 is 36.3 Å². The summed E-state index contributed by atoms with van der Waals surface area (Å²) in [4.78, 5) is 60.1. The molecule has 1 aliphatic heterocycles. The van der Waals surface area contributed by atoms with Crippen molar-refractivity contribution >= 4 is 29.7 Å². The molecule has 5 amide bonds. The van der Waals surface area contributed by atoms with Crippen molar-refractivity contribution in [3.63, 3.8) is 0 Å². The fourth-order valence-corrected chi connectivity index (χ4v) is 2.26. The maximum Gasteiger partial charge on any atom is 0.337 e. The van der Waals surface area contributed by atoms with Crippen molar-refractivity contribution in [3.05, 3.63) is 48.0 Å². The van der Waals surface area contributed by atoms with Gasteiger partial charge in [0.05, 0.1) is 12.7 Å². The van der Waals surface area contributed by atoms with Gasteiger partial charge in [-0.15, -0.1) is 6.58 Å². The lowest BCUT2D eigenvalue weighted by Crippen LogP contribution is -2.41. The molecule has 1 aliphatic rings. The van der Waals surface area contributed by atoms with Gasteiger partial charge in [0, 0.05) is 13.1 Å². The van der Waals surface area contributed by atoms with Crippen molar-refractivity contribution in [2.75, 3.05) is 20.2 Å². The number of hydrogen-bond donors (Lipinski definition) is 1. The van der Waals surface area contributed by atoms with E-state index in [-0.39, 0.29) is 13.1 Å². The molecule has 0 aromatic heterocycles. The van der Waals surface area contributed by atoms with Gasteiger partial charge in [-0.3, -0.25) is 19.3 Å². The number of carbonyl (C=O) groups is 5. The number of nitrogens with zero attached hydrogens (tertiary/aromatic N) is 2. The van der Waals surface area contributed by atoms with Gasteiger partial charge in [-0.2, -0.15) is 0 Å². The van der Waals surface area contributed by atoms with E-state index in [1.165, 1.54) is 13.2 Å². The molecule has 0 atom stereocenters. The first-order valence-electron chi connectivity index (χ1n) is 7.61. The molecule has 26 heavy (non-hydrogen) atoms. The number of ether oxygens (including phenoxy) is 1. The van der Waals surface area contributed by atoms with E-state index in [4.69, 9.17) is 0 Å². The Morgan fingerprint density at radius 1 is 1.12 bits per heavy atom. The van der Waals surface area contributed by atoms with Crippen LogP contribution in [0.2, 0.25) is 0 Å². The maximum atomic E-state index is 12.0. The van der Waals surface area contributed by atoms with Crippen LogP contribution in [0.15, 0.2) is 36.9 Å². The molecule has 0 saturated carbocycles. The van der Waals surface area contributed by atoms with E-state index in [1.807, 2.05) is 0 Å². The Bertz CT molecular complexity index is 771. The van der Waals surface area contributed by atoms with Crippen LogP contribution < -0.4 is 5.32 Å². The molecule has 136 valence electrons. The number of esters is 1. The number of amides is 5. The molecule has 1 N–H and O–H groups in total. The Morgan fingerprint density at radius 2 is 1.73 bits per heavy atom. The standard InChI is InChI=1S/C17H17N3O6/c1-3-8-19-14(22)15(23)20(17(19)25)10-13(21)18-9-11-4-6-12(7-5-11)16(24)26-2/h3-7H,1,8-10H2,2H3,(H,18,21). The van der Waals surface area contributed by atoms with Gasteiger partial charge in [0.25, 0.3) is 0 Å². The van der Waals surface area contributed by atoms with E-state index in [9.17, 15) is 24.0 Å². The fraction of sp³-hybridized carbons (Fsp3) is 0.235. The third kappa shape index (κ3) is 3.94. The van der Waals surface area contributed by atoms with Crippen molar-refractivity contribution in [1.82, 2.24) is 15.1 Å². The fourth-order valence-electron chi connectivity index (χ4n) is 2.26. The minimum atomic E-state index is -1.05. The molecule has 0 spiro atoms. The summed E-state index contributed by atoms with van der Waals surface area (Å²) in [7, 11) is 1.28. The van der Waals surface area contributed by atoms with Crippen LogP contribution in [0.5, 0.6) is 0 Å². The van der Waals surface area contributed by atoms with Crippen LogP contribution in [0.3, 0.4) is 0 Å². The molecule has 1 aromatic rings. The maximum absolute atomic E-state index is 12.0. The Morgan fingerprint density at radius 3 is 2.31 bits per heavy atom. The normalized spacial score (nSPS) is 13.8. The number of methoxy groups -OCH3 is 1. The van der Waals surface area contributed by atoms with Crippen LogP contribution in [0.1, 0.15) is 15.9 Å². The lowest BCUT2D eigenvalue weighted by Gasteiger charge is -2.14. The molecule has 2 rings (SSSR count). The van der Waals surface area contributed by atoms with Gasteiger partial charge < -0.3 is 10.1 Å². The van der Waals surface area contributed by atoms with Crippen LogP contribution >= 0.6 is 0 Å². The molecule has 0 bridgehead atoms. The summed E-state index contributed by atoms with van der Waals surface area (Å²) in [6, 6.07) is 5.51. The summed E-state index contributed by atoms with van der Waals surface area (Å²) < 4.78 is 4.59. The Balaban J connectivity index is 1.92. The first-order chi connectivity index (χ1) is 12.4. The third-order valence-electron chi connectivity index (χ3n) is 3.61. The SMILES string of the molecule is C=CCN1C(=O)C(=O)N(CC(=O)NCc2ccc(C(=O)OC)cc2)C1=O. The number of imide groups is 2. The van der Waals surface area contributed by atoms with E-state index in [1.54, 1.807) is 24.3 Å². The summed E-state index contributed by atoms with van der Waals surface area (Å²) in [6.07, 6.45) is 1.31. The number of benzene rings is 1. The number of urea groups is 1. The predicted octanol–water partition coefficient (Wildman–Crippen LogP) is 0.0662. The van der Waals surface area contributed by atoms with Crippen molar-refractivity contribution in [2.45, 2.75) is 6.54 Å². The largest absolute Gasteiger partial charge is 0.465 e. The second kappa shape index (κ2) is 8.06. The predicted molar refractivity (Wildman–Crippen MR) is 88.6 cm³/mol. The molecule has 0 unspecified atom stereocenters. The molecule has 9 heteroatoms. The van der Waals surface area contributed by atoms with Crippen molar-refractivity contribution in [2.24, 2.45) is 0 Å². The van der Waals surface area contributed by atoms with Crippen LogP contribution in [0.25, 0.3) is 0 Å². The summed E-state index contributed by atoms with van der Waals surface area (Å²) in [5, 5.41) is 2.54. The number of nitrogens with one attached hydrogen (secondary N) is 1. The highest BCUT2D eigenvalue weighted by molar-refractivity contribution is 6.45. The molecule has 1 aromatic carbocycles. The van der Waals surface area contributed by atoms with Gasteiger partial charge in [-0.05, 0) is 17.7 Å². The van der Waals surface area contributed by atoms with Gasteiger partial charge in [0.2, 0.25) is 5.91 Å². The quantitative estimate of drug-likeness (QED) is 0.319. The molecular weight excluding hydrogens is 342 g/mol. The summed E-state index contributed by atoms with van der Waals surface area (Å²) in [5.41, 5.74) is 1.08.